The van der Waals surface area contributed by atoms with Gasteiger partial charge in [-0.05, 0) is 12.1 Å². The molecule has 0 aliphatic carbocycles. The SMILES string of the molecule is CON(O)c1cc(S(F)(F)(F)(F)F)cc(Cl)c1O. The molecule has 0 saturated carbocycles. The molecule has 0 fully saturated rings. The quantitative estimate of drug-likeness (QED) is 0.638. The molecule has 0 aliphatic rings. The number of rotatable bonds is 3. The maximum Gasteiger partial charge on any atom is 0.310 e. The molecule has 1 aromatic carbocycles. The first kappa shape index (κ1) is 15.1. The molecule has 4 nitrogen and oxygen atoms in total. The second-order valence-corrected chi connectivity index (χ2v) is 6.01. The number of hydrogen-bond acceptors (Lipinski definition) is 4. The number of hydrogen-bond donors (Lipinski definition) is 2. The topological polar surface area (TPSA) is 52.9 Å². The maximum atomic E-state index is 12.5. The van der Waals surface area contributed by atoms with E-state index in [-0.39, 0.29) is 17.4 Å². The lowest BCUT2D eigenvalue weighted by atomic mass is 10.3. The summed E-state index contributed by atoms with van der Waals surface area (Å²) in [6.07, 6.45) is 0. The van der Waals surface area contributed by atoms with Gasteiger partial charge in [0.05, 0.1) is 12.1 Å². The van der Waals surface area contributed by atoms with Gasteiger partial charge in [0.25, 0.3) is 0 Å². The van der Waals surface area contributed by atoms with Gasteiger partial charge in [0.2, 0.25) is 0 Å². The Morgan fingerprint density at radius 2 is 1.72 bits per heavy atom. The first-order valence-corrected chi connectivity index (χ1v) is 6.39. The van der Waals surface area contributed by atoms with Crippen LogP contribution in [0.5, 0.6) is 5.75 Å². The average Bonchev–Trinajstić information content (AvgIpc) is 2.17. The highest BCUT2D eigenvalue weighted by atomic mass is 35.5. The Balaban J connectivity index is 3.59. The maximum absolute atomic E-state index is 12.5. The third-order valence-corrected chi connectivity index (χ3v) is 3.26. The van der Waals surface area contributed by atoms with Crippen LogP contribution in [0.25, 0.3) is 0 Å². The summed E-state index contributed by atoms with van der Waals surface area (Å²) in [4.78, 5) is 1.72. The Bertz CT molecular complexity index is 493. The molecule has 0 bridgehead atoms. The van der Waals surface area contributed by atoms with Gasteiger partial charge in [-0.3, -0.25) is 10.0 Å². The third kappa shape index (κ3) is 3.07. The summed E-state index contributed by atoms with van der Waals surface area (Å²) in [5.74, 6) is -1.04. The average molecular weight is 316 g/mol. The molecule has 0 unspecified atom stereocenters. The van der Waals surface area contributed by atoms with E-state index in [2.05, 4.69) is 4.84 Å². The molecule has 0 radical (unpaired) electrons. The molecule has 18 heavy (non-hydrogen) atoms. The first-order valence-electron chi connectivity index (χ1n) is 4.06. The largest absolute Gasteiger partial charge is 0.504 e. The fourth-order valence-electron chi connectivity index (χ4n) is 1.03. The van der Waals surface area contributed by atoms with E-state index in [1.807, 2.05) is 0 Å². The van der Waals surface area contributed by atoms with Crippen molar-refractivity contribution >= 4 is 27.5 Å². The molecule has 0 amide bonds. The van der Waals surface area contributed by atoms with Crippen LogP contribution < -0.4 is 5.23 Å². The van der Waals surface area contributed by atoms with Crippen molar-refractivity contribution in [2.24, 2.45) is 0 Å². The van der Waals surface area contributed by atoms with E-state index in [0.29, 0.717) is 0 Å². The number of aromatic hydroxyl groups is 1. The highest BCUT2D eigenvalue weighted by Crippen LogP contribution is 3.02. The molecule has 0 aliphatic heterocycles. The first-order chi connectivity index (χ1) is 7.76. The lowest BCUT2D eigenvalue weighted by Gasteiger charge is -2.40. The van der Waals surface area contributed by atoms with Crippen LogP contribution >= 0.6 is 21.8 Å². The number of phenols is 1. The molecule has 0 heterocycles. The van der Waals surface area contributed by atoms with Crippen LogP contribution in [-0.4, -0.2) is 17.4 Å². The lowest BCUT2D eigenvalue weighted by molar-refractivity contribution is -0.0120. The number of anilines is 1. The monoisotopic (exact) mass is 315 g/mol. The zero-order chi connectivity index (χ0) is 14.4. The van der Waals surface area contributed by atoms with E-state index in [0.717, 1.165) is 7.11 Å². The second kappa shape index (κ2) is 3.53. The lowest BCUT2D eigenvalue weighted by Crippen LogP contribution is -2.17. The number of phenolic OH excluding ortho intramolecular Hbond substituents is 1. The van der Waals surface area contributed by atoms with Crippen LogP contribution in [0.4, 0.5) is 25.1 Å². The van der Waals surface area contributed by atoms with Crippen LogP contribution in [0.3, 0.4) is 0 Å². The van der Waals surface area contributed by atoms with Crippen LogP contribution in [0.1, 0.15) is 0 Å². The van der Waals surface area contributed by atoms with Gasteiger partial charge in [0.1, 0.15) is 10.6 Å². The molecule has 0 saturated heterocycles. The van der Waals surface area contributed by atoms with Gasteiger partial charge >= 0.3 is 10.2 Å². The Labute approximate surface area is 103 Å². The van der Waals surface area contributed by atoms with Crippen molar-refractivity contribution in [2.75, 3.05) is 12.3 Å². The van der Waals surface area contributed by atoms with Crippen molar-refractivity contribution in [2.45, 2.75) is 4.90 Å². The number of nitrogens with zero attached hydrogens (tertiary/aromatic N) is 1. The summed E-state index contributed by atoms with van der Waals surface area (Å²) in [7, 11) is -9.14. The Morgan fingerprint density at radius 1 is 1.22 bits per heavy atom. The molecule has 0 aromatic heterocycles. The molecule has 1 rings (SSSR count). The van der Waals surface area contributed by atoms with E-state index >= 15 is 0 Å². The number of benzene rings is 1. The predicted molar refractivity (Wildman–Crippen MR) is 55.8 cm³/mol. The zero-order valence-corrected chi connectivity index (χ0v) is 10.2. The fourth-order valence-corrected chi connectivity index (χ4v) is 1.98. The minimum atomic E-state index is -9.98. The highest BCUT2D eigenvalue weighted by molar-refractivity contribution is 8.45. The van der Waals surface area contributed by atoms with E-state index in [9.17, 15) is 24.5 Å². The van der Waals surface area contributed by atoms with Gasteiger partial charge in [0.15, 0.2) is 5.75 Å². The summed E-state index contributed by atoms with van der Waals surface area (Å²) >= 11 is 5.19. The van der Waals surface area contributed by atoms with Gasteiger partial charge in [0, 0.05) is 0 Å². The highest BCUT2D eigenvalue weighted by Gasteiger charge is 2.65. The summed E-state index contributed by atoms with van der Waals surface area (Å²) in [5, 5.41) is 16.9. The Morgan fingerprint density at radius 3 is 2.11 bits per heavy atom. The van der Waals surface area contributed by atoms with Crippen LogP contribution in [-0.2, 0) is 4.84 Å². The molecular formula is C7H7ClF5NO3S. The molecule has 11 heteroatoms. The van der Waals surface area contributed by atoms with Gasteiger partial charge in [-0.2, -0.15) is 0 Å². The van der Waals surface area contributed by atoms with Crippen LogP contribution in [0.2, 0.25) is 5.02 Å². The van der Waals surface area contributed by atoms with Crippen molar-refractivity contribution in [3.05, 3.63) is 17.2 Å². The minimum absolute atomic E-state index is 0.133. The van der Waals surface area contributed by atoms with Gasteiger partial charge in [-0.15, -0.1) is 5.23 Å². The predicted octanol–water partition coefficient (Wildman–Crippen LogP) is 4.46. The van der Waals surface area contributed by atoms with E-state index in [4.69, 9.17) is 16.8 Å². The Hall–Kier alpha value is -0.970. The van der Waals surface area contributed by atoms with Crippen molar-refractivity contribution in [1.82, 2.24) is 0 Å². The van der Waals surface area contributed by atoms with Gasteiger partial charge in [-0.1, -0.05) is 31.0 Å². The van der Waals surface area contributed by atoms with Crippen LogP contribution in [0, 0.1) is 0 Å². The zero-order valence-electron chi connectivity index (χ0n) is 8.58. The van der Waals surface area contributed by atoms with Gasteiger partial charge in [-0.25, -0.2) is 0 Å². The summed E-state index contributed by atoms with van der Waals surface area (Å²) in [6, 6.07) is -0.308. The molecular weight excluding hydrogens is 309 g/mol. The van der Waals surface area contributed by atoms with Crippen LogP contribution in [0.15, 0.2) is 17.0 Å². The van der Waals surface area contributed by atoms with Crippen molar-refractivity contribution in [3.63, 3.8) is 0 Å². The third-order valence-electron chi connectivity index (χ3n) is 1.84. The van der Waals surface area contributed by atoms with E-state index < -0.39 is 31.6 Å². The summed E-state index contributed by atoms with van der Waals surface area (Å²) < 4.78 is 62.6. The second-order valence-electron chi connectivity index (χ2n) is 3.20. The number of halogens is 6. The van der Waals surface area contributed by atoms with Crippen molar-refractivity contribution < 1.29 is 34.6 Å². The normalized spacial score (nSPS) is 16.0. The van der Waals surface area contributed by atoms with Crippen molar-refractivity contribution in [3.8, 4) is 5.75 Å². The van der Waals surface area contributed by atoms with E-state index in [1.165, 1.54) is 0 Å². The van der Waals surface area contributed by atoms with E-state index in [1.54, 1.807) is 0 Å². The minimum Gasteiger partial charge on any atom is -0.504 e. The molecule has 0 spiro atoms. The Kier molecular flexibility index (Phi) is 2.96. The molecule has 2 N–H and O–H groups in total. The summed E-state index contributed by atoms with van der Waals surface area (Å²) in [6.45, 7) is 0. The standard InChI is InChI=1S/C7H7ClF5NO3S/c1-17-14(16)6-3-4(2-5(8)7(6)15)18(9,10,11,12)13/h2-3,15-16H,1H3. The van der Waals surface area contributed by atoms with Crippen molar-refractivity contribution in [1.29, 1.82) is 0 Å². The summed E-state index contributed by atoms with van der Waals surface area (Å²) in [5.41, 5.74) is -1.06. The molecule has 1 aromatic rings. The van der Waals surface area contributed by atoms with Gasteiger partial charge < -0.3 is 5.11 Å². The molecule has 106 valence electrons. The smallest absolute Gasteiger partial charge is 0.310 e. The molecule has 0 atom stereocenters. The fraction of sp³-hybridized carbons (Fsp3) is 0.143.